The van der Waals surface area contributed by atoms with Gasteiger partial charge in [-0.25, -0.2) is 14.4 Å². The zero-order chi connectivity index (χ0) is 41.1. The molecule has 3 atom stereocenters. The maximum Gasteiger partial charge on any atom is 0.509 e. The van der Waals surface area contributed by atoms with E-state index >= 15 is 0 Å². The van der Waals surface area contributed by atoms with Gasteiger partial charge in [-0.2, -0.15) is 17.6 Å². The summed E-state index contributed by atoms with van der Waals surface area (Å²) in [4.78, 5) is 91.7. The number of hydrogen-bond donors (Lipinski definition) is 1. The average Bonchev–Trinajstić information content (AvgIpc) is 3.48. The number of rotatable bonds is 12. The van der Waals surface area contributed by atoms with E-state index in [1.807, 2.05) is 0 Å². The molecule has 2 saturated heterocycles. The second-order valence-electron chi connectivity index (χ2n) is 12.7. The number of benzene rings is 3. The lowest BCUT2D eigenvalue weighted by Crippen LogP contribution is -2.50. The van der Waals surface area contributed by atoms with E-state index in [0.717, 1.165) is 6.34 Å². The van der Waals surface area contributed by atoms with E-state index in [1.54, 1.807) is 0 Å². The molecule has 1 unspecified atom stereocenters. The van der Waals surface area contributed by atoms with Gasteiger partial charge in [0.05, 0.1) is 34.2 Å². The number of ether oxygens (including phenoxy) is 4. The molecule has 0 N–H and O–H groups in total. The Kier molecular flexibility index (Phi) is 13.9. The van der Waals surface area contributed by atoms with Crippen molar-refractivity contribution in [1.82, 2.24) is 14.7 Å². The third-order valence-corrected chi connectivity index (χ3v) is 9.12. The first-order valence-electron chi connectivity index (χ1n) is 17.1. The minimum atomic E-state index is -1.11. The maximum atomic E-state index is 14.1. The summed E-state index contributed by atoms with van der Waals surface area (Å²) in [5.74, 6) is -0.493. The molecule has 21 nitrogen and oxygen atoms in total. The van der Waals surface area contributed by atoms with Crippen molar-refractivity contribution >= 4 is 60.3 Å². The van der Waals surface area contributed by atoms with Crippen molar-refractivity contribution in [3.05, 3.63) is 120 Å². The molecule has 0 aliphatic carbocycles. The molecule has 0 saturated carbocycles. The Labute approximate surface area is 328 Å². The number of thiol groups is 1. The molecule has 0 spiro atoms. The van der Waals surface area contributed by atoms with Gasteiger partial charge in [-0.3, -0.25) is 40.0 Å². The molecule has 0 radical (unpaired) electrons. The number of likely N-dealkylation sites (tertiary alicyclic amines) is 1. The fraction of sp³-hybridized carbons (Fsp3) is 0.343. The molecule has 2 heterocycles. The third kappa shape index (κ3) is 11.8. The van der Waals surface area contributed by atoms with Crippen molar-refractivity contribution in [2.45, 2.75) is 43.6 Å². The molecule has 2 aliphatic heterocycles. The van der Waals surface area contributed by atoms with Crippen LogP contribution in [0.3, 0.4) is 0 Å². The van der Waals surface area contributed by atoms with E-state index in [1.165, 1.54) is 87.5 Å². The first kappa shape index (κ1) is 41.3. The smallest absolute Gasteiger partial charge is 0.445 e. The van der Waals surface area contributed by atoms with Gasteiger partial charge in [-0.1, -0.05) is 0 Å². The number of carbonyl (C=O) groups is 4. The molecule has 0 aromatic heterocycles. The van der Waals surface area contributed by atoms with Crippen LogP contribution in [-0.2, 0) is 43.6 Å². The molecule has 2 aliphatic rings. The Morgan fingerprint density at radius 2 is 1.19 bits per heavy atom. The summed E-state index contributed by atoms with van der Waals surface area (Å²) < 4.78 is 21.4. The largest absolute Gasteiger partial charge is 0.509 e. The van der Waals surface area contributed by atoms with Crippen molar-refractivity contribution in [2.75, 3.05) is 32.7 Å². The summed E-state index contributed by atoms with van der Waals surface area (Å²) >= 11 is 4.50. The number of amides is 3. The van der Waals surface area contributed by atoms with Crippen molar-refractivity contribution in [3.63, 3.8) is 0 Å². The molecule has 3 aromatic carbocycles. The summed E-state index contributed by atoms with van der Waals surface area (Å²) in [6, 6.07) is 15.2. The van der Waals surface area contributed by atoms with Gasteiger partial charge >= 0.3 is 18.3 Å². The van der Waals surface area contributed by atoms with Gasteiger partial charge in [0.2, 0.25) is 5.91 Å². The molecular formula is C35H35N7O14S. The standard InChI is InChI=1S/C35H35N7O14S/c43-32(31-15-30(57)18-39(31)34(45)54-20-24-3-9-27(10-4-24)41(49)50)38-14-13-37(22-36-33(44)53-19-23-1-7-26(8-2-23)40(47)48)16-29(17-38)56-35(46)55-21-25-5-11-28(12-6-25)42(51)52/h1-12,22,29-31,57H,13-21H2/t29?,30-,31-/m0/s1. The number of aliphatic imine (C=N–C) groups is 1. The van der Waals surface area contributed by atoms with E-state index in [0.29, 0.717) is 16.7 Å². The van der Waals surface area contributed by atoms with Crippen LogP contribution in [0, 0.1) is 30.3 Å². The zero-order valence-corrected chi connectivity index (χ0v) is 30.8. The van der Waals surface area contributed by atoms with Crippen LogP contribution in [-0.4, -0.2) is 110 Å². The normalized spacial score (nSPS) is 18.1. The van der Waals surface area contributed by atoms with Gasteiger partial charge in [0, 0.05) is 61.3 Å². The number of nitro groups is 3. The number of nitrogens with zero attached hydrogens (tertiary/aromatic N) is 7. The Balaban J connectivity index is 1.24. The van der Waals surface area contributed by atoms with Crippen molar-refractivity contribution in [3.8, 4) is 0 Å². The second kappa shape index (κ2) is 19.2. The molecule has 2 fully saturated rings. The number of hydrogen-bond acceptors (Lipinski definition) is 15. The highest BCUT2D eigenvalue weighted by Gasteiger charge is 2.42. The van der Waals surface area contributed by atoms with E-state index in [2.05, 4.69) is 17.6 Å². The molecule has 3 aromatic rings. The first-order chi connectivity index (χ1) is 27.2. The Bertz CT molecular complexity index is 2000. The molecule has 0 bridgehead atoms. The lowest BCUT2D eigenvalue weighted by atomic mass is 10.2. The number of carbonyl (C=O) groups excluding carboxylic acids is 4. The van der Waals surface area contributed by atoms with Gasteiger partial charge in [0.1, 0.15) is 32.0 Å². The molecule has 22 heteroatoms. The Morgan fingerprint density at radius 3 is 1.70 bits per heavy atom. The topological polar surface area (TPSA) is 257 Å². The summed E-state index contributed by atoms with van der Waals surface area (Å²) in [6.07, 6.45) is -2.61. The SMILES string of the molecule is O=C(N=CN1CCN(C(=O)[C@@H]2C[C@H](S)CN2C(=O)OCc2ccc([N+](=O)[O-])cc2)CC(OC(=O)OCc2ccc([N+](=O)[O-])cc2)C1)OCc1ccc([N+](=O)[O-])cc1. The van der Waals surface area contributed by atoms with Crippen LogP contribution in [0.2, 0.25) is 0 Å². The molecule has 3 amide bonds. The summed E-state index contributed by atoms with van der Waals surface area (Å²) in [5, 5.41) is 32.4. The highest BCUT2D eigenvalue weighted by atomic mass is 32.1. The zero-order valence-electron chi connectivity index (χ0n) is 29.9. The molecule has 57 heavy (non-hydrogen) atoms. The van der Waals surface area contributed by atoms with E-state index in [-0.39, 0.29) is 81.3 Å². The summed E-state index contributed by atoms with van der Waals surface area (Å²) in [6.45, 7) is -0.691. The number of nitro benzene ring substituents is 3. The van der Waals surface area contributed by atoms with Crippen molar-refractivity contribution in [2.24, 2.45) is 4.99 Å². The Hall–Kier alpha value is -6.84. The van der Waals surface area contributed by atoms with Gasteiger partial charge in [0.25, 0.3) is 17.1 Å². The fourth-order valence-corrected chi connectivity index (χ4v) is 6.21. The second-order valence-corrected chi connectivity index (χ2v) is 13.5. The minimum Gasteiger partial charge on any atom is -0.445 e. The van der Waals surface area contributed by atoms with E-state index < -0.39 is 51.2 Å². The summed E-state index contributed by atoms with van der Waals surface area (Å²) in [5.41, 5.74) is 1.00. The minimum absolute atomic E-state index is 0.0415. The lowest BCUT2D eigenvalue weighted by Gasteiger charge is -2.30. The maximum absolute atomic E-state index is 14.1. The predicted octanol–water partition coefficient (Wildman–Crippen LogP) is 4.65. The van der Waals surface area contributed by atoms with Gasteiger partial charge < -0.3 is 28.7 Å². The predicted molar refractivity (Wildman–Crippen MR) is 199 cm³/mol. The van der Waals surface area contributed by atoms with Crippen LogP contribution < -0.4 is 0 Å². The highest BCUT2D eigenvalue weighted by molar-refractivity contribution is 7.81. The monoisotopic (exact) mass is 809 g/mol. The lowest BCUT2D eigenvalue weighted by molar-refractivity contribution is -0.385. The highest BCUT2D eigenvalue weighted by Crippen LogP contribution is 2.26. The van der Waals surface area contributed by atoms with E-state index in [4.69, 9.17) is 18.9 Å². The fourth-order valence-electron chi connectivity index (χ4n) is 5.83. The van der Waals surface area contributed by atoms with Gasteiger partial charge in [0.15, 0.2) is 0 Å². The van der Waals surface area contributed by atoms with Crippen LogP contribution in [0.4, 0.5) is 31.4 Å². The molecule has 5 rings (SSSR count). The third-order valence-electron chi connectivity index (χ3n) is 8.74. The van der Waals surface area contributed by atoms with Crippen LogP contribution in [0.25, 0.3) is 0 Å². The van der Waals surface area contributed by atoms with Gasteiger partial charge in [-0.15, -0.1) is 0 Å². The number of non-ortho nitro benzene ring substituents is 3. The van der Waals surface area contributed by atoms with Crippen molar-refractivity contribution < 1.29 is 52.9 Å². The molecule has 300 valence electrons. The molecular weight excluding hydrogens is 774 g/mol. The van der Waals surface area contributed by atoms with Gasteiger partial charge in [-0.05, 0) is 59.5 Å². The quantitative estimate of drug-likeness (QED) is 0.0497. The van der Waals surface area contributed by atoms with Crippen LogP contribution in [0.15, 0.2) is 77.8 Å². The van der Waals surface area contributed by atoms with Crippen LogP contribution in [0.5, 0.6) is 0 Å². The van der Waals surface area contributed by atoms with Crippen LogP contribution in [0.1, 0.15) is 23.1 Å². The van der Waals surface area contributed by atoms with E-state index in [9.17, 15) is 49.5 Å². The first-order valence-corrected chi connectivity index (χ1v) is 17.7. The Morgan fingerprint density at radius 1 is 0.702 bits per heavy atom. The van der Waals surface area contributed by atoms with Crippen LogP contribution >= 0.6 is 12.6 Å². The average molecular weight is 810 g/mol. The summed E-state index contributed by atoms with van der Waals surface area (Å²) in [7, 11) is 0. The van der Waals surface area contributed by atoms with Crippen molar-refractivity contribution in [1.29, 1.82) is 0 Å².